The summed E-state index contributed by atoms with van der Waals surface area (Å²) in [4.78, 5) is 42.1. The number of fused-ring (bicyclic) bond motifs is 1. The van der Waals surface area contributed by atoms with Crippen molar-refractivity contribution in [2.45, 2.75) is 59.2 Å². The van der Waals surface area contributed by atoms with E-state index in [1.807, 2.05) is 18.7 Å². The number of imide groups is 1. The first-order valence-corrected chi connectivity index (χ1v) is 10.8. The molecule has 7 nitrogen and oxygen atoms in total. The molecular weight excluding hydrogens is 387 g/mol. The lowest BCUT2D eigenvalue weighted by atomic mass is 10.0. The molecule has 3 aliphatic heterocycles. The maximum absolute atomic E-state index is 14.8. The number of carbonyl (C=O) groups excluding carboxylic acids is 3. The van der Waals surface area contributed by atoms with E-state index in [0.717, 1.165) is 31.7 Å². The van der Waals surface area contributed by atoms with E-state index < -0.39 is 17.8 Å². The first-order valence-electron chi connectivity index (χ1n) is 10.8. The number of nitrogens with one attached hydrogen (secondary N) is 1. The zero-order valence-electron chi connectivity index (χ0n) is 18.2. The van der Waals surface area contributed by atoms with Gasteiger partial charge < -0.3 is 9.80 Å². The Morgan fingerprint density at radius 2 is 1.73 bits per heavy atom. The average molecular weight is 419 g/mol. The van der Waals surface area contributed by atoms with Crippen molar-refractivity contribution >= 4 is 23.4 Å². The highest BCUT2D eigenvalue weighted by molar-refractivity contribution is 6.05. The number of piperidine rings is 1. The quantitative estimate of drug-likeness (QED) is 0.762. The van der Waals surface area contributed by atoms with Gasteiger partial charge in [-0.2, -0.15) is 0 Å². The molecule has 2 saturated heterocycles. The third-order valence-corrected chi connectivity index (χ3v) is 5.98. The monoisotopic (exact) mass is 418 g/mol. The van der Waals surface area contributed by atoms with Crippen molar-refractivity contribution in [2.75, 3.05) is 31.1 Å². The highest BCUT2D eigenvalue weighted by Gasteiger charge is 2.39. The third kappa shape index (κ3) is 4.19. The van der Waals surface area contributed by atoms with Gasteiger partial charge in [0.05, 0.1) is 5.69 Å². The minimum absolute atomic E-state index is 0.205. The molecule has 0 spiro atoms. The van der Waals surface area contributed by atoms with Crippen molar-refractivity contribution < 1.29 is 18.8 Å². The van der Waals surface area contributed by atoms with E-state index in [9.17, 15) is 18.8 Å². The summed E-state index contributed by atoms with van der Waals surface area (Å²) in [6, 6.07) is 2.83. The van der Waals surface area contributed by atoms with Gasteiger partial charge in [0.15, 0.2) is 0 Å². The summed E-state index contributed by atoms with van der Waals surface area (Å²) in [5, 5.41) is 2.28. The summed E-state index contributed by atoms with van der Waals surface area (Å²) in [6.07, 6.45) is 0.507. The van der Waals surface area contributed by atoms with Crippen LogP contribution in [0.2, 0.25) is 0 Å². The van der Waals surface area contributed by atoms with Gasteiger partial charge in [0.25, 0.3) is 5.91 Å². The molecule has 3 amide bonds. The van der Waals surface area contributed by atoms with Crippen LogP contribution in [0.3, 0.4) is 0 Å². The van der Waals surface area contributed by atoms with E-state index in [4.69, 9.17) is 0 Å². The molecule has 1 aromatic rings. The number of piperazine rings is 1. The Morgan fingerprint density at radius 3 is 2.33 bits per heavy atom. The van der Waals surface area contributed by atoms with Gasteiger partial charge in [0.1, 0.15) is 11.9 Å². The molecule has 0 saturated carbocycles. The number of halogens is 1. The standard InChI is InChI=1S/C20H25FN4O3.C2H6/c1-12(2)23-5-7-24(8-6-23)17-9-13-11-25(20(28)14(13)10-15(17)21)16-3-4-18(26)22-19(16)27;1-2/h9-10,12,16H,3-8,11H2,1-2H3,(H,22,26,27);1-2H3. The van der Waals surface area contributed by atoms with Gasteiger partial charge in [0.2, 0.25) is 11.8 Å². The Morgan fingerprint density at radius 1 is 1.07 bits per heavy atom. The minimum Gasteiger partial charge on any atom is -0.367 e. The van der Waals surface area contributed by atoms with Gasteiger partial charge in [-0.3, -0.25) is 24.6 Å². The van der Waals surface area contributed by atoms with Crippen LogP contribution >= 0.6 is 0 Å². The largest absolute Gasteiger partial charge is 0.367 e. The molecule has 3 heterocycles. The fourth-order valence-electron chi connectivity index (χ4n) is 4.30. The van der Waals surface area contributed by atoms with Gasteiger partial charge in [-0.1, -0.05) is 13.8 Å². The highest BCUT2D eigenvalue weighted by Crippen LogP contribution is 2.33. The molecule has 1 aromatic carbocycles. The molecule has 1 atom stereocenters. The summed E-state index contributed by atoms with van der Waals surface area (Å²) in [5.74, 6) is -1.53. The lowest BCUT2D eigenvalue weighted by Crippen LogP contribution is -2.52. The maximum atomic E-state index is 14.8. The second-order valence-electron chi connectivity index (χ2n) is 7.98. The van der Waals surface area contributed by atoms with Crippen molar-refractivity contribution in [1.82, 2.24) is 15.1 Å². The number of benzene rings is 1. The summed E-state index contributed by atoms with van der Waals surface area (Å²) in [7, 11) is 0. The Labute approximate surface area is 177 Å². The smallest absolute Gasteiger partial charge is 0.255 e. The maximum Gasteiger partial charge on any atom is 0.255 e. The van der Waals surface area contributed by atoms with Crippen LogP contribution in [0.1, 0.15) is 56.5 Å². The van der Waals surface area contributed by atoms with E-state index >= 15 is 0 Å². The second-order valence-corrected chi connectivity index (χ2v) is 7.98. The molecule has 30 heavy (non-hydrogen) atoms. The van der Waals surface area contributed by atoms with Gasteiger partial charge in [-0.25, -0.2) is 4.39 Å². The van der Waals surface area contributed by atoms with Crippen LogP contribution in [-0.2, 0) is 16.1 Å². The van der Waals surface area contributed by atoms with Crippen LogP contribution in [0, 0.1) is 5.82 Å². The minimum atomic E-state index is -0.682. The Hall–Kier alpha value is -2.48. The number of carbonyl (C=O) groups is 3. The molecule has 1 N–H and O–H groups in total. The zero-order chi connectivity index (χ0) is 22.0. The van der Waals surface area contributed by atoms with E-state index in [1.54, 1.807) is 6.07 Å². The van der Waals surface area contributed by atoms with Gasteiger partial charge in [-0.05, 0) is 38.0 Å². The molecule has 2 fully saturated rings. The molecule has 0 bridgehead atoms. The SMILES string of the molecule is CC.CC(C)N1CCN(c2cc3c(cc2F)C(=O)N(C2CCC(=O)NC2=O)C3)CC1. The van der Waals surface area contributed by atoms with Gasteiger partial charge in [0, 0.05) is 50.7 Å². The van der Waals surface area contributed by atoms with E-state index in [2.05, 4.69) is 24.1 Å². The molecule has 0 aliphatic carbocycles. The molecule has 1 unspecified atom stereocenters. The van der Waals surface area contributed by atoms with Crippen molar-refractivity contribution in [3.8, 4) is 0 Å². The fraction of sp³-hybridized carbons (Fsp3) is 0.591. The zero-order valence-corrected chi connectivity index (χ0v) is 18.2. The van der Waals surface area contributed by atoms with Crippen molar-refractivity contribution in [3.63, 3.8) is 0 Å². The molecular formula is C22H31FN4O3. The number of amides is 3. The predicted octanol–water partition coefficient (Wildman–Crippen LogP) is 2.14. The first kappa shape index (κ1) is 22.2. The topological polar surface area (TPSA) is 73.0 Å². The van der Waals surface area contributed by atoms with Crippen molar-refractivity contribution in [2.24, 2.45) is 0 Å². The van der Waals surface area contributed by atoms with Crippen molar-refractivity contribution in [3.05, 3.63) is 29.1 Å². The third-order valence-electron chi connectivity index (χ3n) is 5.98. The number of hydrogen-bond donors (Lipinski definition) is 1. The van der Waals surface area contributed by atoms with Crippen LogP contribution in [0.4, 0.5) is 10.1 Å². The Kier molecular flexibility index (Phi) is 6.75. The normalized spacial score (nSPS) is 22.1. The number of hydrogen-bond acceptors (Lipinski definition) is 5. The van der Waals surface area contributed by atoms with Crippen LogP contribution < -0.4 is 10.2 Å². The molecule has 0 aromatic heterocycles. The van der Waals surface area contributed by atoms with Gasteiger partial charge in [-0.15, -0.1) is 0 Å². The molecule has 0 radical (unpaired) electrons. The lowest BCUT2D eigenvalue weighted by Gasteiger charge is -2.38. The Bertz CT molecular complexity index is 834. The fourth-order valence-corrected chi connectivity index (χ4v) is 4.30. The number of nitrogens with zero attached hydrogens (tertiary/aromatic N) is 3. The summed E-state index contributed by atoms with van der Waals surface area (Å²) in [6.45, 7) is 11.8. The Balaban J connectivity index is 0.00000124. The summed E-state index contributed by atoms with van der Waals surface area (Å²) < 4.78 is 14.8. The predicted molar refractivity (Wildman–Crippen MR) is 113 cm³/mol. The lowest BCUT2D eigenvalue weighted by molar-refractivity contribution is -0.136. The summed E-state index contributed by atoms with van der Waals surface area (Å²) in [5.41, 5.74) is 1.56. The van der Waals surface area contributed by atoms with E-state index in [0.29, 0.717) is 23.7 Å². The molecule has 164 valence electrons. The highest BCUT2D eigenvalue weighted by atomic mass is 19.1. The van der Waals surface area contributed by atoms with Gasteiger partial charge >= 0.3 is 0 Å². The van der Waals surface area contributed by atoms with Crippen LogP contribution in [0.15, 0.2) is 12.1 Å². The van der Waals surface area contributed by atoms with E-state index in [-0.39, 0.29) is 24.8 Å². The van der Waals surface area contributed by atoms with Crippen LogP contribution in [-0.4, -0.2) is 65.8 Å². The van der Waals surface area contributed by atoms with Crippen LogP contribution in [0.5, 0.6) is 0 Å². The van der Waals surface area contributed by atoms with E-state index in [1.165, 1.54) is 11.0 Å². The molecule has 8 heteroatoms. The first-order chi connectivity index (χ1) is 14.3. The number of rotatable bonds is 3. The number of anilines is 1. The second kappa shape index (κ2) is 9.12. The molecule has 4 rings (SSSR count). The van der Waals surface area contributed by atoms with Crippen LogP contribution in [0.25, 0.3) is 0 Å². The average Bonchev–Trinajstić information content (AvgIpc) is 3.04. The summed E-state index contributed by atoms with van der Waals surface area (Å²) >= 11 is 0. The molecule has 3 aliphatic rings. The van der Waals surface area contributed by atoms with Crippen molar-refractivity contribution in [1.29, 1.82) is 0 Å².